The minimum atomic E-state index is -0.331. The minimum Gasteiger partial charge on any atom is -0.490 e. The third-order valence-electron chi connectivity index (χ3n) is 3.83. The summed E-state index contributed by atoms with van der Waals surface area (Å²) in [7, 11) is 0. The molecule has 2 aromatic carbocycles. The third-order valence-corrected chi connectivity index (χ3v) is 4.79. The molecule has 2 aromatic heterocycles. The van der Waals surface area contributed by atoms with Crippen LogP contribution in [0.5, 0.6) is 5.75 Å². The van der Waals surface area contributed by atoms with Crippen LogP contribution in [0, 0.1) is 5.82 Å². The number of benzene rings is 2. The number of aromatic nitrogens is 3. The van der Waals surface area contributed by atoms with E-state index in [1.54, 1.807) is 24.3 Å². The van der Waals surface area contributed by atoms with Crippen molar-refractivity contribution in [3.63, 3.8) is 0 Å². The Balaban J connectivity index is 1.67. The van der Waals surface area contributed by atoms with E-state index in [0.29, 0.717) is 27.5 Å². The molecule has 0 aliphatic carbocycles. The van der Waals surface area contributed by atoms with Gasteiger partial charge in [-0.15, -0.1) is 5.10 Å². The van der Waals surface area contributed by atoms with Gasteiger partial charge in [-0.2, -0.15) is 9.50 Å². The topological polar surface area (TPSA) is 56.5 Å². The van der Waals surface area contributed by atoms with E-state index in [0.717, 1.165) is 11.3 Å². The van der Waals surface area contributed by atoms with Crippen molar-refractivity contribution >= 4 is 22.4 Å². The summed E-state index contributed by atoms with van der Waals surface area (Å²) < 4.78 is 20.3. The number of thiazole rings is 1. The molecule has 0 N–H and O–H groups in total. The molecule has 0 fully saturated rings. The van der Waals surface area contributed by atoms with Crippen molar-refractivity contribution in [1.82, 2.24) is 14.6 Å². The van der Waals surface area contributed by atoms with Crippen molar-refractivity contribution in [3.05, 3.63) is 87.5 Å². The molecule has 0 unspecified atom stereocenters. The van der Waals surface area contributed by atoms with Crippen LogP contribution in [0.25, 0.3) is 22.4 Å². The molecule has 0 radical (unpaired) electrons. The van der Waals surface area contributed by atoms with E-state index >= 15 is 0 Å². The Kier molecular flexibility index (Phi) is 4.52. The van der Waals surface area contributed by atoms with Crippen LogP contribution >= 0.6 is 11.3 Å². The highest BCUT2D eigenvalue weighted by atomic mass is 32.1. The van der Waals surface area contributed by atoms with Crippen LogP contribution in [0.1, 0.15) is 5.56 Å². The molecule has 7 heteroatoms. The SMILES string of the molecule is C=CCOc1ccc(C=c2sc3nc(-c4ccc(F)cc4)nn3c2=O)cc1. The van der Waals surface area contributed by atoms with E-state index < -0.39 is 0 Å². The zero-order chi connectivity index (χ0) is 18.8. The zero-order valence-corrected chi connectivity index (χ0v) is 14.9. The minimum absolute atomic E-state index is 0.233. The maximum atomic E-state index is 13.0. The maximum Gasteiger partial charge on any atom is 0.291 e. The maximum absolute atomic E-state index is 13.0. The Hall–Kier alpha value is -3.32. The molecule has 0 saturated carbocycles. The number of hydrogen-bond donors (Lipinski definition) is 0. The van der Waals surface area contributed by atoms with Gasteiger partial charge in [0.25, 0.3) is 5.56 Å². The number of hydrogen-bond acceptors (Lipinski definition) is 5. The fourth-order valence-electron chi connectivity index (χ4n) is 2.52. The summed E-state index contributed by atoms with van der Waals surface area (Å²) in [5.74, 6) is 0.802. The highest BCUT2D eigenvalue weighted by molar-refractivity contribution is 7.15. The number of rotatable bonds is 5. The molecule has 0 spiro atoms. The van der Waals surface area contributed by atoms with Crippen molar-refractivity contribution in [2.75, 3.05) is 6.61 Å². The predicted molar refractivity (Wildman–Crippen MR) is 103 cm³/mol. The second kappa shape index (κ2) is 7.13. The molecule has 5 nitrogen and oxygen atoms in total. The first kappa shape index (κ1) is 17.1. The van der Waals surface area contributed by atoms with E-state index in [9.17, 15) is 9.18 Å². The highest BCUT2D eigenvalue weighted by Gasteiger charge is 2.12. The Morgan fingerprint density at radius 2 is 1.89 bits per heavy atom. The molecule has 2 heterocycles. The van der Waals surface area contributed by atoms with Crippen LogP contribution in [0.3, 0.4) is 0 Å². The monoisotopic (exact) mass is 379 g/mol. The Labute approximate surface area is 157 Å². The molecular formula is C20H14FN3O2S. The predicted octanol–water partition coefficient (Wildman–Crippen LogP) is 3.07. The first-order chi connectivity index (χ1) is 13.1. The highest BCUT2D eigenvalue weighted by Crippen LogP contribution is 2.17. The Morgan fingerprint density at radius 1 is 1.15 bits per heavy atom. The summed E-state index contributed by atoms with van der Waals surface area (Å²) in [5.41, 5.74) is 1.30. The average molecular weight is 379 g/mol. The lowest BCUT2D eigenvalue weighted by atomic mass is 10.2. The summed E-state index contributed by atoms with van der Waals surface area (Å²) >= 11 is 1.26. The molecule has 0 saturated heterocycles. The van der Waals surface area contributed by atoms with Crippen LogP contribution in [-0.2, 0) is 0 Å². The van der Waals surface area contributed by atoms with Gasteiger partial charge >= 0.3 is 0 Å². The van der Waals surface area contributed by atoms with Gasteiger partial charge in [0, 0.05) is 5.56 Å². The molecule has 0 aliphatic heterocycles. The lowest BCUT2D eigenvalue weighted by Crippen LogP contribution is -2.23. The first-order valence-electron chi connectivity index (χ1n) is 8.15. The third kappa shape index (κ3) is 3.50. The van der Waals surface area contributed by atoms with Gasteiger partial charge in [-0.05, 0) is 48.0 Å². The summed E-state index contributed by atoms with van der Waals surface area (Å²) in [6.07, 6.45) is 3.47. The smallest absolute Gasteiger partial charge is 0.291 e. The summed E-state index contributed by atoms with van der Waals surface area (Å²) in [6, 6.07) is 13.3. The normalized spacial score (nSPS) is 11.8. The average Bonchev–Trinajstić information content (AvgIpc) is 3.22. The van der Waals surface area contributed by atoms with E-state index in [-0.39, 0.29) is 11.4 Å². The Bertz CT molecular complexity index is 1210. The first-order valence-corrected chi connectivity index (χ1v) is 8.97. The van der Waals surface area contributed by atoms with Gasteiger partial charge in [-0.3, -0.25) is 4.79 Å². The van der Waals surface area contributed by atoms with Gasteiger partial charge in [0.15, 0.2) is 5.82 Å². The quantitative estimate of drug-likeness (QED) is 0.500. The van der Waals surface area contributed by atoms with Crippen molar-refractivity contribution in [2.45, 2.75) is 0 Å². The molecule has 27 heavy (non-hydrogen) atoms. The number of fused-ring (bicyclic) bond motifs is 1. The largest absolute Gasteiger partial charge is 0.490 e. The van der Waals surface area contributed by atoms with Crippen LogP contribution < -0.4 is 14.8 Å². The van der Waals surface area contributed by atoms with E-state index in [2.05, 4.69) is 16.7 Å². The molecule has 4 aromatic rings. The van der Waals surface area contributed by atoms with Gasteiger partial charge in [-0.1, -0.05) is 36.1 Å². The second-order valence-electron chi connectivity index (χ2n) is 5.72. The second-order valence-corrected chi connectivity index (χ2v) is 6.73. The zero-order valence-electron chi connectivity index (χ0n) is 14.1. The molecule has 4 rings (SSSR count). The van der Waals surface area contributed by atoms with Crippen molar-refractivity contribution < 1.29 is 9.13 Å². The Morgan fingerprint density at radius 3 is 2.56 bits per heavy atom. The molecule has 0 bridgehead atoms. The molecular weight excluding hydrogens is 365 g/mol. The summed E-state index contributed by atoms with van der Waals surface area (Å²) in [4.78, 5) is 17.5. The van der Waals surface area contributed by atoms with E-state index in [4.69, 9.17) is 4.74 Å². The fraction of sp³-hybridized carbons (Fsp3) is 0.0500. The molecule has 0 aliphatic rings. The van der Waals surface area contributed by atoms with Gasteiger partial charge in [0.2, 0.25) is 4.96 Å². The number of nitrogens with zero attached hydrogens (tertiary/aromatic N) is 3. The van der Waals surface area contributed by atoms with Gasteiger partial charge in [0.1, 0.15) is 18.2 Å². The molecule has 0 atom stereocenters. The standard InChI is InChI=1S/C20H14FN3O2S/c1-2-11-26-16-9-3-13(4-10-16)12-17-19(25)24-20(27-17)22-18(23-24)14-5-7-15(21)8-6-14/h2-10,12H,1,11H2. The summed E-state index contributed by atoms with van der Waals surface area (Å²) in [6.45, 7) is 4.05. The number of halogens is 1. The van der Waals surface area contributed by atoms with Crippen LogP contribution in [0.15, 0.2) is 66.0 Å². The van der Waals surface area contributed by atoms with Crippen molar-refractivity contribution in [2.24, 2.45) is 0 Å². The van der Waals surface area contributed by atoms with E-state index in [1.165, 1.54) is 28.0 Å². The van der Waals surface area contributed by atoms with Crippen molar-refractivity contribution in [1.29, 1.82) is 0 Å². The lowest BCUT2D eigenvalue weighted by Gasteiger charge is -2.02. The molecule has 134 valence electrons. The fourth-order valence-corrected chi connectivity index (χ4v) is 3.43. The van der Waals surface area contributed by atoms with Gasteiger partial charge < -0.3 is 4.74 Å². The van der Waals surface area contributed by atoms with E-state index in [1.807, 2.05) is 24.3 Å². The van der Waals surface area contributed by atoms with Gasteiger partial charge in [-0.25, -0.2) is 4.39 Å². The van der Waals surface area contributed by atoms with Crippen LogP contribution in [0.4, 0.5) is 4.39 Å². The van der Waals surface area contributed by atoms with Gasteiger partial charge in [0.05, 0.1) is 4.53 Å². The lowest BCUT2D eigenvalue weighted by molar-refractivity contribution is 0.363. The molecule has 0 amide bonds. The number of ether oxygens (including phenoxy) is 1. The van der Waals surface area contributed by atoms with Crippen LogP contribution in [0.2, 0.25) is 0 Å². The van der Waals surface area contributed by atoms with Crippen LogP contribution in [-0.4, -0.2) is 21.2 Å². The summed E-state index contributed by atoms with van der Waals surface area (Å²) in [5, 5.41) is 4.25. The van der Waals surface area contributed by atoms with Crippen molar-refractivity contribution in [3.8, 4) is 17.1 Å².